The topological polar surface area (TPSA) is 44.4 Å². The van der Waals surface area contributed by atoms with Gasteiger partial charge in [-0.15, -0.1) is 0 Å². The number of hydrogen-bond donors (Lipinski definition) is 2. The third kappa shape index (κ3) is 3.88. The highest BCUT2D eigenvalue weighted by atomic mass is 16.2. The summed E-state index contributed by atoms with van der Waals surface area (Å²) in [6.45, 7) is 6.24. The number of carbonyl (C=O) groups excluding carboxylic acids is 1. The number of nitrogens with one attached hydrogen (secondary N) is 2. The first-order chi connectivity index (χ1) is 11.6. The van der Waals surface area contributed by atoms with Gasteiger partial charge in [-0.2, -0.15) is 0 Å². The quantitative estimate of drug-likeness (QED) is 0.840. The van der Waals surface area contributed by atoms with Crippen LogP contribution >= 0.6 is 0 Å². The Morgan fingerprint density at radius 1 is 0.875 bits per heavy atom. The first kappa shape index (κ1) is 16.4. The van der Waals surface area contributed by atoms with E-state index in [0.29, 0.717) is 0 Å². The molecule has 4 heteroatoms. The van der Waals surface area contributed by atoms with Gasteiger partial charge in [-0.05, 0) is 68.5 Å². The summed E-state index contributed by atoms with van der Waals surface area (Å²) >= 11 is 0. The number of benzene rings is 2. The molecule has 0 aromatic heterocycles. The number of hydrogen-bond acceptors (Lipinski definition) is 2. The molecule has 4 nitrogen and oxygen atoms in total. The average Bonchev–Trinajstić information content (AvgIpc) is 2.60. The molecule has 0 bridgehead atoms. The van der Waals surface area contributed by atoms with E-state index < -0.39 is 0 Å². The Morgan fingerprint density at radius 2 is 1.50 bits per heavy atom. The molecule has 1 aliphatic heterocycles. The molecule has 24 heavy (non-hydrogen) atoms. The van der Waals surface area contributed by atoms with Gasteiger partial charge in [0.2, 0.25) is 0 Å². The molecule has 2 aromatic rings. The van der Waals surface area contributed by atoms with Gasteiger partial charge in [0, 0.05) is 30.2 Å². The second kappa shape index (κ2) is 7.39. The van der Waals surface area contributed by atoms with E-state index in [1.807, 2.05) is 44.2 Å². The predicted octanol–water partition coefficient (Wildman–Crippen LogP) is 4.94. The fourth-order valence-corrected chi connectivity index (χ4v) is 3.20. The number of piperidine rings is 1. The summed E-state index contributed by atoms with van der Waals surface area (Å²) in [5, 5.41) is 5.85. The molecular formula is C20H25N3O. The van der Waals surface area contributed by atoms with Crippen LogP contribution in [0.3, 0.4) is 0 Å². The fraction of sp³-hybridized carbons (Fsp3) is 0.350. The fourth-order valence-electron chi connectivity index (χ4n) is 3.20. The van der Waals surface area contributed by atoms with E-state index in [0.717, 1.165) is 35.6 Å². The summed E-state index contributed by atoms with van der Waals surface area (Å²) in [5.74, 6) is 0. The Kier molecular flexibility index (Phi) is 5.04. The third-order valence-corrected chi connectivity index (χ3v) is 4.57. The molecule has 0 radical (unpaired) electrons. The smallest absolute Gasteiger partial charge is 0.323 e. The van der Waals surface area contributed by atoms with Gasteiger partial charge < -0.3 is 15.5 Å². The molecule has 2 amide bonds. The average molecular weight is 323 g/mol. The molecule has 1 fully saturated rings. The van der Waals surface area contributed by atoms with E-state index in [1.54, 1.807) is 0 Å². The zero-order chi connectivity index (χ0) is 16.9. The van der Waals surface area contributed by atoms with Crippen molar-refractivity contribution in [2.75, 3.05) is 28.6 Å². The van der Waals surface area contributed by atoms with Crippen LogP contribution in [-0.2, 0) is 0 Å². The first-order valence-electron chi connectivity index (χ1n) is 8.63. The Labute approximate surface area is 143 Å². The van der Waals surface area contributed by atoms with Gasteiger partial charge in [0.05, 0.1) is 0 Å². The van der Waals surface area contributed by atoms with Crippen molar-refractivity contribution in [3.63, 3.8) is 0 Å². The number of anilines is 3. The van der Waals surface area contributed by atoms with Crippen LogP contribution in [-0.4, -0.2) is 19.1 Å². The lowest BCUT2D eigenvalue weighted by Crippen LogP contribution is -2.29. The highest BCUT2D eigenvalue weighted by Crippen LogP contribution is 2.23. The standard InChI is InChI=1S/C20H25N3O/c1-15-7-6-8-16(2)19(15)22-20(24)21-17-9-11-18(12-10-17)23-13-4-3-5-14-23/h6-12H,3-5,13-14H2,1-2H3,(H2,21,22,24). The van der Waals surface area contributed by atoms with Gasteiger partial charge in [0.1, 0.15) is 0 Å². The summed E-state index contributed by atoms with van der Waals surface area (Å²) in [4.78, 5) is 14.6. The molecule has 3 rings (SSSR count). The number of carbonyl (C=O) groups is 1. The Morgan fingerprint density at radius 3 is 2.12 bits per heavy atom. The van der Waals surface area contributed by atoms with Gasteiger partial charge in [-0.3, -0.25) is 0 Å². The minimum atomic E-state index is -0.210. The van der Waals surface area contributed by atoms with Crippen LogP contribution in [0, 0.1) is 13.8 Å². The number of para-hydroxylation sites is 1. The van der Waals surface area contributed by atoms with Crippen molar-refractivity contribution in [3.8, 4) is 0 Å². The molecule has 2 aromatic carbocycles. The highest BCUT2D eigenvalue weighted by Gasteiger charge is 2.11. The lowest BCUT2D eigenvalue weighted by atomic mass is 10.1. The highest BCUT2D eigenvalue weighted by molar-refractivity contribution is 6.00. The van der Waals surface area contributed by atoms with Gasteiger partial charge in [-0.1, -0.05) is 18.2 Å². The molecule has 0 saturated carbocycles. The monoisotopic (exact) mass is 323 g/mol. The molecule has 1 aliphatic rings. The number of nitrogens with zero attached hydrogens (tertiary/aromatic N) is 1. The van der Waals surface area contributed by atoms with Crippen LogP contribution < -0.4 is 15.5 Å². The van der Waals surface area contributed by atoms with E-state index in [4.69, 9.17) is 0 Å². The van der Waals surface area contributed by atoms with Crippen LogP contribution in [0.4, 0.5) is 21.9 Å². The van der Waals surface area contributed by atoms with Gasteiger partial charge in [0.25, 0.3) is 0 Å². The third-order valence-electron chi connectivity index (χ3n) is 4.57. The van der Waals surface area contributed by atoms with E-state index in [9.17, 15) is 4.79 Å². The lowest BCUT2D eigenvalue weighted by molar-refractivity contribution is 0.262. The second-order valence-electron chi connectivity index (χ2n) is 6.44. The van der Waals surface area contributed by atoms with Crippen molar-refractivity contribution in [1.29, 1.82) is 0 Å². The molecule has 0 atom stereocenters. The predicted molar refractivity (Wildman–Crippen MR) is 101 cm³/mol. The normalized spacial score (nSPS) is 14.3. The molecule has 126 valence electrons. The van der Waals surface area contributed by atoms with Crippen LogP contribution in [0.5, 0.6) is 0 Å². The second-order valence-corrected chi connectivity index (χ2v) is 6.44. The van der Waals surface area contributed by atoms with Crippen LogP contribution in [0.15, 0.2) is 42.5 Å². The molecule has 1 saturated heterocycles. The van der Waals surface area contributed by atoms with Gasteiger partial charge >= 0.3 is 6.03 Å². The minimum Gasteiger partial charge on any atom is -0.372 e. The van der Waals surface area contributed by atoms with Crippen molar-refractivity contribution < 1.29 is 4.79 Å². The molecule has 0 unspecified atom stereocenters. The maximum atomic E-state index is 12.2. The Bertz CT molecular complexity index is 683. The van der Waals surface area contributed by atoms with E-state index in [-0.39, 0.29) is 6.03 Å². The van der Waals surface area contributed by atoms with Gasteiger partial charge in [0.15, 0.2) is 0 Å². The number of aryl methyl sites for hydroxylation is 2. The largest absolute Gasteiger partial charge is 0.372 e. The van der Waals surface area contributed by atoms with Crippen molar-refractivity contribution in [1.82, 2.24) is 0 Å². The first-order valence-corrected chi connectivity index (χ1v) is 8.63. The van der Waals surface area contributed by atoms with Crippen molar-refractivity contribution >= 4 is 23.1 Å². The van der Waals surface area contributed by atoms with E-state index >= 15 is 0 Å². The summed E-state index contributed by atoms with van der Waals surface area (Å²) < 4.78 is 0. The zero-order valence-electron chi connectivity index (χ0n) is 14.4. The van der Waals surface area contributed by atoms with Crippen LogP contribution in [0.2, 0.25) is 0 Å². The van der Waals surface area contributed by atoms with E-state index in [1.165, 1.54) is 24.9 Å². The zero-order valence-corrected chi connectivity index (χ0v) is 14.4. The van der Waals surface area contributed by atoms with Crippen molar-refractivity contribution in [2.45, 2.75) is 33.1 Å². The molecule has 1 heterocycles. The van der Waals surface area contributed by atoms with Crippen molar-refractivity contribution in [2.24, 2.45) is 0 Å². The number of amides is 2. The molecule has 0 aliphatic carbocycles. The van der Waals surface area contributed by atoms with Crippen molar-refractivity contribution in [3.05, 3.63) is 53.6 Å². The van der Waals surface area contributed by atoms with Gasteiger partial charge in [-0.25, -0.2) is 4.79 Å². The maximum absolute atomic E-state index is 12.2. The summed E-state index contributed by atoms with van der Waals surface area (Å²) in [5.41, 5.74) is 5.03. The SMILES string of the molecule is Cc1cccc(C)c1NC(=O)Nc1ccc(N2CCCCC2)cc1. The summed E-state index contributed by atoms with van der Waals surface area (Å²) in [6, 6.07) is 13.9. The Hall–Kier alpha value is -2.49. The van der Waals surface area contributed by atoms with E-state index in [2.05, 4.69) is 27.7 Å². The number of urea groups is 1. The lowest BCUT2D eigenvalue weighted by Gasteiger charge is -2.28. The summed E-state index contributed by atoms with van der Waals surface area (Å²) in [6.07, 6.45) is 3.85. The van der Waals surface area contributed by atoms with Crippen LogP contribution in [0.25, 0.3) is 0 Å². The molecule has 0 spiro atoms. The minimum absolute atomic E-state index is 0.210. The summed E-state index contributed by atoms with van der Waals surface area (Å²) in [7, 11) is 0. The molecular weight excluding hydrogens is 298 g/mol. The maximum Gasteiger partial charge on any atom is 0.323 e. The van der Waals surface area contributed by atoms with Crippen LogP contribution in [0.1, 0.15) is 30.4 Å². The number of rotatable bonds is 3. The Balaban J connectivity index is 1.62. The molecule has 2 N–H and O–H groups in total.